The van der Waals surface area contributed by atoms with Gasteiger partial charge in [-0.1, -0.05) is 29.0 Å². The van der Waals surface area contributed by atoms with E-state index in [1.165, 1.54) is 11.3 Å². The first kappa shape index (κ1) is 14.2. The van der Waals surface area contributed by atoms with Crippen LogP contribution in [-0.2, 0) is 13.2 Å². The van der Waals surface area contributed by atoms with Crippen LogP contribution in [0.25, 0.3) is 0 Å². The Hall–Kier alpha value is -1.17. The fourth-order valence-electron chi connectivity index (χ4n) is 1.75. The summed E-state index contributed by atoms with van der Waals surface area (Å²) in [5.41, 5.74) is 2.00. The molecule has 2 aromatic rings. The molecule has 0 saturated heterocycles. The molecule has 102 valence electrons. The number of thiazole rings is 1. The van der Waals surface area contributed by atoms with E-state index in [2.05, 4.69) is 21.8 Å². The van der Waals surface area contributed by atoms with Crippen LogP contribution in [0.15, 0.2) is 18.2 Å². The van der Waals surface area contributed by atoms with Gasteiger partial charge in [-0.3, -0.25) is 4.98 Å². The van der Waals surface area contributed by atoms with Gasteiger partial charge in [0.1, 0.15) is 5.15 Å². The molecule has 2 rings (SSSR count). The predicted molar refractivity (Wildman–Crippen MR) is 78.7 cm³/mol. The van der Waals surface area contributed by atoms with Crippen molar-refractivity contribution in [1.29, 1.82) is 0 Å². The van der Waals surface area contributed by atoms with Crippen molar-refractivity contribution in [1.82, 2.24) is 9.97 Å². The molecular formula is C13H16ClN3OS. The van der Waals surface area contributed by atoms with Crippen LogP contribution in [0, 0.1) is 6.92 Å². The second kappa shape index (κ2) is 6.32. The molecule has 1 N–H and O–H groups in total. The monoisotopic (exact) mass is 297 g/mol. The third-order valence-corrected chi connectivity index (χ3v) is 4.26. The van der Waals surface area contributed by atoms with E-state index < -0.39 is 0 Å². The highest BCUT2D eigenvalue weighted by Gasteiger charge is 2.14. The van der Waals surface area contributed by atoms with E-state index in [1.54, 1.807) is 0 Å². The summed E-state index contributed by atoms with van der Waals surface area (Å²) in [7, 11) is 0. The van der Waals surface area contributed by atoms with Crippen LogP contribution >= 0.6 is 22.9 Å². The van der Waals surface area contributed by atoms with E-state index in [9.17, 15) is 0 Å². The molecule has 19 heavy (non-hydrogen) atoms. The lowest BCUT2D eigenvalue weighted by Crippen LogP contribution is -2.22. The second-order valence-corrected chi connectivity index (χ2v) is 5.57. The third-order valence-electron chi connectivity index (χ3n) is 2.73. The van der Waals surface area contributed by atoms with Crippen molar-refractivity contribution >= 4 is 28.1 Å². The molecule has 0 radical (unpaired) electrons. The van der Waals surface area contributed by atoms with Gasteiger partial charge in [0.05, 0.1) is 23.7 Å². The van der Waals surface area contributed by atoms with Crippen molar-refractivity contribution in [2.24, 2.45) is 0 Å². The summed E-state index contributed by atoms with van der Waals surface area (Å²) >= 11 is 7.39. The minimum atomic E-state index is -0.0727. The Bertz CT molecular complexity index is 559. The van der Waals surface area contributed by atoms with E-state index >= 15 is 0 Å². The molecule has 0 aliphatic rings. The molecule has 4 nitrogen and oxygen atoms in total. The zero-order valence-electron chi connectivity index (χ0n) is 10.9. The largest absolute Gasteiger partial charge is 0.391 e. The number of hydrogen-bond donors (Lipinski definition) is 1. The molecule has 0 bridgehead atoms. The molecule has 0 aromatic carbocycles. The molecule has 0 saturated carbocycles. The Kier molecular flexibility index (Phi) is 4.74. The summed E-state index contributed by atoms with van der Waals surface area (Å²) in [5.74, 6) is 0. The standard InChI is InChI=1S/C13H16ClN3OS/c1-3-17(7-10-6-4-5-9(2)15-10)13-16-12(14)11(8-18)19-13/h4-6,18H,3,7-8H2,1-2H3. The quantitative estimate of drug-likeness (QED) is 0.921. The number of aliphatic hydroxyl groups is 1. The van der Waals surface area contributed by atoms with Crippen LogP contribution in [0.1, 0.15) is 23.2 Å². The number of rotatable bonds is 5. The maximum atomic E-state index is 9.17. The Morgan fingerprint density at radius 3 is 2.74 bits per heavy atom. The summed E-state index contributed by atoms with van der Waals surface area (Å²) in [6.07, 6.45) is 0. The maximum Gasteiger partial charge on any atom is 0.187 e. The van der Waals surface area contributed by atoms with Gasteiger partial charge in [0.15, 0.2) is 5.13 Å². The Labute approximate surface area is 121 Å². The summed E-state index contributed by atoms with van der Waals surface area (Å²) in [6, 6.07) is 5.97. The Morgan fingerprint density at radius 2 is 2.16 bits per heavy atom. The van der Waals surface area contributed by atoms with Gasteiger partial charge < -0.3 is 10.0 Å². The maximum absolute atomic E-state index is 9.17. The van der Waals surface area contributed by atoms with Crippen LogP contribution < -0.4 is 4.90 Å². The molecule has 0 unspecified atom stereocenters. The fraction of sp³-hybridized carbons (Fsp3) is 0.385. The van der Waals surface area contributed by atoms with Crippen LogP contribution in [0.2, 0.25) is 5.15 Å². The summed E-state index contributed by atoms with van der Waals surface area (Å²) < 4.78 is 0. The molecule has 0 spiro atoms. The van der Waals surface area contributed by atoms with Crippen LogP contribution in [-0.4, -0.2) is 21.6 Å². The molecule has 0 aliphatic heterocycles. The van der Waals surface area contributed by atoms with Crippen molar-refractivity contribution in [3.05, 3.63) is 39.6 Å². The van der Waals surface area contributed by atoms with Gasteiger partial charge in [0, 0.05) is 12.2 Å². The Morgan fingerprint density at radius 1 is 1.37 bits per heavy atom. The molecule has 2 aromatic heterocycles. The second-order valence-electron chi connectivity index (χ2n) is 4.15. The number of hydrogen-bond acceptors (Lipinski definition) is 5. The van der Waals surface area contributed by atoms with Gasteiger partial charge in [0.2, 0.25) is 0 Å². The first-order chi connectivity index (χ1) is 9.13. The number of aromatic nitrogens is 2. The van der Waals surface area contributed by atoms with E-state index in [0.29, 0.717) is 16.6 Å². The SMILES string of the molecule is CCN(Cc1cccc(C)n1)c1nc(Cl)c(CO)s1. The fourth-order valence-corrected chi connectivity index (χ4v) is 2.93. The molecular weight excluding hydrogens is 282 g/mol. The lowest BCUT2D eigenvalue weighted by Gasteiger charge is -2.19. The van der Waals surface area contributed by atoms with E-state index in [1.807, 2.05) is 25.1 Å². The zero-order valence-corrected chi connectivity index (χ0v) is 12.5. The number of aryl methyl sites for hydroxylation is 1. The van der Waals surface area contributed by atoms with Crippen molar-refractivity contribution in [3.8, 4) is 0 Å². The van der Waals surface area contributed by atoms with E-state index in [-0.39, 0.29) is 6.61 Å². The zero-order chi connectivity index (χ0) is 13.8. The van der Waals surface area contributed by atoms with Gasteiger partial charge in [-0.25, -0.2) is 4.98 Å². The van der Waals surface area contributed by atoms with Gasteiger partial charge in [-0.05, 0) is 26.0 Å². The van der Waals surface area contributed by atoms with Crippen LogP contribution in [0.5, 0.6) is 0 Å². The topological polar surface area (TPSA) is 49.2 Å². The molecule has 0 fully saturated rings. The lowest BCUT2D eigenvalue weighted by molar-refractivity contribution is 0.285. The van der Waals surface area contributed by atoms with Crippen LogP contribution in [0.4, 0.5) is 5.13 Å². The highest BCUT2D eigenvalue weighted by Crippen LogP contribution is 2.30. The predicted octanol–water partition coefficient (Wildman–Crippen LogP) is 3.02. The van der Waals surface area contributed by atoms with Crippen molar-refractivity contribution < 1.29 is 5.11 Å². The third kappa shape index (κ3) is 3.43. The van der Waals surface area contributed by atoms with Gasteiger partial charge in [-0.15, -0.1) is 0 Å². The van der Waals surface area contributed by atoms with Gasteiger partial charge >= 0.3 is 0 Å². The van der Waals surface area contributed by atoms with Crippen molar-refractivity contribution in [2.75, 3.05) is 11.4 Å². The number of aliphatic hydroxyl groups excluding tert-OH is 1. The average molecular weight is 298 g/mol. The number of pyridine rings is 1. The van der Waals surface area contributed by atoms with E-state index in [4.69, 9.17) is 16.7 Å². The van der Waals surface area contributed by atoms with E-state index in [0.717, 1.165) is 23.1 Å². The van der Waals surface area contributed by atoms with Crippen molar-refractivity contribution in [3.63, 3.8) is 0 Å². The molecule has 2 heterocycles. The highest BCUT2D eigenvalue weighted by atomic mass is 35.5. The first-order valence-corrected chi connectivity index (χ1v) is 7.27. The molecule has 0 aliphatic carbocycles. The minimum Gasteiger partial charge on any atom is -0.391 e. The summed E-state index contributed by atoms with van der Waals surface area (Å²) in [6.45, 7) is 5.46. The average Bonchev–Trinajstić information content (AvgIpc) is 2.77. The first-order valence-electron chi connectivity index (χ1n) is 6.07. The molecule has 0 amide bonds. The summed E-state index contributed by atoms with van der Waals surface area (Å²) in [5, 5.41) is 10.4. The van der Waals surface area contributed by atoms with Gasteiger partial charge in [-0.2, -0.15) is 0 Å². The smallest absolute Gasteiger partial charge is 0.187 e. The molecule has 6 heteroatoms. The van der Waals surface area contributed by atoms with Gasteiger partial charge in [0.25, 0.3) is 0 Å². The normalized spacial score (nSPS) is 10.7. The lowest BCUT2D eigenvalue weighted by atomic mass is 10.3. The van der Waals surface area contributed by atoms with Crippen molar-refractivity contribution in [2.45, 2.75) is 27.0 Å². The van der Waals surface area contributed by atoms with Crippen LogP contribution in [0.3, 0.4) is 0 Å². The number of anilines is 1. The molecule has 0 atom stereocenters. The number of halogens is 1. The summed E-state index contributed by atoms with van der Waals surface area (Å²) in [4.78, 5) is 11.6. The minimum absolute atomic E-state index is 0.0727. The Balaban J connectivity index is 2.19. The number of nitrogens with zero attached hydrogens (tertiary/aromatic N) is 3. The highest BCUT2D eigenvalue weighted by molar-refractivity contribution is 7.16.